The van der Waals surface area contributed by atoms with Crippen LogP contribution in [0.2, 0.25) is 0 Å². The highest BCUT2D eigenvalue weighted by Crippen LogP contribution is 2.15. The zero-order chi connectivity index (χ0) is 18.1. The van der Waals surface area contributed by atoms with Crippen molar-refractivity contribution >= 4 is 17.8 Å². The minimum Gasteiger partial charge on any atom is -0.477 e. The Hall–Kier alpha value is -3.42. The Morgan fingerprint density at radius 1 is 1.04 bits per heavy atom. The molecule has 8 heteroatoms. The molecule has 2 aromatic rings. The zero-order valence-corrected chi connectivity index (χ0v) is 13.5. The summed E-state index contributed by atoms with van der Waals surface area (Å²) >= 11 is 0. The molecule has 0 fully saturated rings. The molecule has 1 aromatic heterocycles. The molecule has 0 aliphatic rings. The van der Waals surface area contributed by atoms with E-state index in [0.717, 1.165) is 0 Å². The van der Waals surface area contributed by atoms with Gasteiger partial charge in [0.1, 0.15) is 5.56 Å². The lowest BCUT2D eigenvalue weighted by Crippen LogP contribution is -2.43. The number of carbonyl (C=O) groups excluding carboxylic acids is 3. The first kappa shape index (κ1) is 17.9. The first-order valence-corrected chi connectivity index (χ1v) is 7.51. The molecule has 0 aliphatic carbocycles. The Labute approximate surface area is 144 Å². The molecule has 2 rings (SSSR count). The molecule has 25 heavy (non-hydrogen) atoms. The number of rotatable bonds is 6. The molecule has 0 aliphatic heterocycles. The van der Waals surface area contributed by atoms with Crippen molar-refractivity contribution in [3.05, 3.63) is 59.8 Å². The maximum Gasteiger partial charge on any atom is 0.344 e. The summed E-state index contributed by atoms with van der Waals surface area (Å²) in [5.41, 5.74) is 4.89. The van der Waals surface area contributed by atoms with Crippen LogP contribution in [0.15, 0.2) is 48.7 Å². The molecule has 1 heterocycles. The summed E-state index contributed by atoms with van der Waals surface area (Å²) in [7, 11) is 0. The summed E-state index contributed by atoms with van der Waals surface area (Å²) in [5.74, 6) is -1.78. The number of hydrogen-bond donors (Lipinski definition) is 2. The minimum atomic E-state index is -0.749. The van der Waals surface area contributed by atoms with E-state index in [0.29, 0.717) is 12.2 Å². The van der Waals surface area contributed by atoms with Crippen LogP contribution < -0.4 is 15.6 Å². The SMILES string of the molecule is CCOc1ncccc1C(=O)OCC(=O)NNC(=O)c1ccccc1. The second kappa shape index (κ2) is 9.02. The average Bonchev–Trinajstić information content (AvgIpc) is 2.65. The van der Waals surface area contributed by atoms with Crippen LogP contribution in [0, 0.1) is 0 Å². The van der Waals surface area contributed by atoms with E-state index in [4.69, 9.17) is 9.47 Å². The molecule has 0 saturated carbocycles. The van der Waals surface area contributed by atoms with Crippen molar-refractivity contribution < 1.29 is 23.9 Å². The van der Waals surface area contributed by atoms with Crippen molar-refractivity contribution in [3.63, 3.8) is 0 Å². The van der Waals surface area contributed by atoms with E-state index in [1.807, 2.05) is 0 Å². The zero-order valence-electron chi connectivity index (χ0n) is 13.5. The van der Waals surface area contributed by atoms with Gasteiger partial charge in [0, 0.05) is 11.8 Å². The van der Waals surface area contributed by atoms with E-state index in [1.54, 1.807) is 43.3 Å². The number of amides is 2. The van der Waals surface area contributed by atoms with E-state index in [1.165, 1.54) is 12.3 Å². The van der Waals surface area contributed by atoms with E-state index >= 15 is 0 Å². The van der Waals surface area contributed by atoms with Gasteiger partial charge in [-0.15, -0.1) is 0 Å². The number of carbonyl (C=O) groups is 3. The second-order valence-electron chi connectivity index (χ2n) is 4.73. The number of nitrogens with zero attached hydrogens (tertiary/aromatic N) is 1. The van der Waals surface area contributed by atoms with Crippen molar-refractivity contribution in [2.24, 2.45) is 0 Å². The molecule has 0 radical (unpaired) electrons. The predicted molar refractivity (Wildman–Crippen MR) is 87.7 cm³/mol. The number of ether oxygens (including phenoxy) is 2. The lowest BCUT2D eigenvalue weighted by molar-refractivity contribution is -0.125. The molecule has 0 saturated heterocycles. The van der Waals surface area contributed by atoms with Gasteiger partial charge < -0.3 is 9.47 Å². The quantitative estimate of drug-likeness (QED) is 0.601. The summed E-state index contributed by atoms with van der Waals surface area (Å²) in [5, 5.41) is 0. The monoisotopic (exact) mass is 343 g/mol. The second-order valence-corrected chi connectivity index (χ2v) is 4.73. The topological polar surface area (TPSA) is 107 Å². The summed E-state index contributed by atoms with van der Waals surface area (Å²) in [6.07, 6.45) is 1.48. The number of nitrogens with one attached hydrogen (secondary N) is 2. The largest absolute Gasteiger partial charge is 0.477 e. The molecule has 0 atom stereocenters. The molecule has 2 N–H and O–H groups in total. The van der Waals surface area contributed by atoms with Crippen LogP contribution in [0.5, 0.6) is 5.88 Å². The number of pyridine rings is 1. The van der Waals surface area contributed by atoms with Gasteiger partial charge in [-0.25, -0.2) is 9.78 Å². The first-order chi connectivity index (χ1) is 12.1. The maximum atomic E-state index is 12.0. The average molecular weight is 343 g/mol. The lowest BCUT2D eigenvalue weighted by Gasteiger charge is -2.10. The number of benzene rings is 1. The molecule has 2 amide bonds. The van der Waals surface area contributed by atoms with Crippen LogP contribution in [0.3, 0.4) is 0 Å². The number of esters is 1. The van der Waals surface area contributed by atoms with Crippen LogP contribution in [0.1, 0.15) is 27.6 Å². The predicted octanol–water partition coefficient (Wildman–Crippen LogP) is 1.10. The van der Waals surface area contributed by atoms with E-state index in [2.05, 4.69) is 15.8 Å². The van der Waals surface area contributed by atoms with Gasteiger partial charge in [0.2, 0.25) is 5.88 Å². The molecule has 0 bridgehead atoms. The van der Waals surface area contributed by atoms with Gasteiger partial charge >= 0.3 is 5.97 Å². The highest BCUT2D eigenvalue weighted by atomic mass is 16.5. The fourth-order valence-electron chi connectivity index (χ4n) is 1.83. The first-order valence-electron chi connectivity index (χ1n) is 7.51. The molecular weight excluding hydrogens is 326 g/mol. The molecular formula is C17H17N3O5. The van der Waals surface area contributed by atoms with Crippen LogP contribution >= 0.6 is 0 Å². The minimum absolute atomic E-state index is 0.116. The van der Waals surface area contributed by atoms with Crippen LogP contribution in [0.25, 0.3) is 0 Å². The fraction of sp³-hybridized carbons (Fsp3) is 0.176. The summed E-state index contributed by atoms with van der Waals surface area (Å²) in [6, 6.07) is 11.4. The van der Waals surface area contributed by atoms with Crippen LogP contribution in [-0.4, -0.2) is 36.0 Å². The summed E-state index contributed by atoms with van der Waals surface area (Å²) in [4.78, 5) is 39.4. The molecule has 0 spiro atoms. The smallest absolute Gasteiger partial charge is 0.344 e. The Kier molecular flexibility index (Phi) is 6.47. The number of hydrogen-bond acceptors (Lipinski definition) is 6. The van der Waals surface area contributed by atoms with Gasteiger partial charge in [-0.1, -0.05) is 18.2 Å². The van der Waals surface area contributed by atoms with Crippen molar-refractivity contribution in [1.29, 1.82) is 0 Å². The Balaban J connectivity index is 1.82. The van der Waals surface area contributed by atoms with Crippen molar-refractivity contribution in [2.75, 3.05) is 13.2 Å². The maximum absolute atomic E-state index is 12.0. The highest BCUT2D eigenvalue weighted by molar-refractivity contribution is 5.96. The van der Waals surface area contributed by atoms with Gasteiger partial charge in [0.25, 0.3) is 11.8 Å². The van der Waals surface area contributed by atoms with Gasteiger partial charge in [-0.05, 0) is 31.2 Å². The van der Waals surface area contributed by atoms with Gasteiger partial charge in [0.15, 0.2) is 6.61 Å². The Morgan fingerprint density at radius 2 is 1.80 bits per heavy atom. The fourth-order valence-corrected chi connectivity index (χ4v) is 1.83. The van der Waals surface area contributed by atoms with E-state index in [9.17, 15) is 14.4 Å². The van der Waals surface area contributed by atoms with E-state index in [-0.39, 0.29) is 11.4 Å². The summed E-state index contributed by atoms with van der Waals surface area (Å²) < 4.78 is 10.1. The van der Waals surface area contributed by atoms with Crippen LogP contribution in [0.4, 0.5) is 0 Å². The number of aromatic nitrogens is 1. The normalized spacial score (nSPS) is 9.80. The van der Waals surface area contributed by atoms with Gasteiger partial charge in [0.05, 0.1) is 6.61 Å². The Morgan fingerprint density at radius 3 is 2.52 bits per heavy atom. The summed E-state index contributed by atoms with van der Waals surface area (Å²) in [6.45, 7) is 1.53. The van der Waals surface area contributed by atoms with Gasteiger partial charge in [-0.3, -0.25) is 20.4 Å². The van der Waals surface area contributed by atoms with Crippen molar-refractivity contribution in [1.82, 2.24) is 15.8 Å². The molecule has 1 aromatic carbocycles. The Bertz CT molecular complexity index is 749. The third-order valence-corrected chi connectivity index (χ3v) is 2.96. The molecule has 0 unspecified atom stereocenters. The molecule has 130 valence electrons. The standard InChI is InChI=1S/C17H17N3O5/c1-2-24-16-13(9-6-10-18-16)17(23)25-11-14(21)19-20-15(22)12-7-4-3-5-8-12/h3-10H,2,11H2,1H3,(H,19,21)(H,20,22). The molecule has 8 nitrogen and oxygen atoms in total. The number of hydrazine groups is 1. The lowest BCUT2D eigenvalue weighted by atomic mass is 10.2. The highest BCUT2D eigenvalue weighted by Gasteiger charge is 2.16. The van der Waals surface area contributed by atoms with Crippen molar-refractivity contribution in [2.45, 2.75) is 6.92 Å². The van der Waals surface area contributed by atoms with Crippen molar-refractivity contribution in [3.8, 4) is 5.88 Å². The third kappa shape index (κ3) is 5.31. The third-order valence-electron chi connectivity index (χ3n) is 2.96. The van der Waals surface area contributed by atoms with Crippen LogP contribution in [-0.2, 0) is 9.53 Å². The van der Waals surface area contributed by atoms with E-state index < -0.39 is 24.4 Å². The van der Waals surface area contributed by atoms with Gasteiger partial charge in [-0.2, -0.15) is 0 Å².